The number of rotatable bonds is 2. The highest BCUT2D eigenvalue weighted by molar-refractivity contribution is 8.00. The van der Waals surface area contributed by atoms with Crippen LogP contribution in [0.15, 0.2) is 23.1 Å². The van der Waals surface area contributed by atoms with Crippen molar-refractivity contribution in [2.75, 3.05) is 12.4 Å². The maximum absolute atomic E-state index is 12.1. The zero-order valence-corrected chi connectivity index (χ0v) is 10.0. The number of alkyl halides is 3. The predicted molar refractivity (Wildman–Crippen MR) is 59.4 cm³/mol. The van der Waals surface area contributed by atoms with Crippen LogP contribution in [0.1, 0.15) is 0 Å². The molecule has 0 saturated heterocycles. The first-order valence-electron chi connectivity index (χ1n) is 4.22. The Hall–Kier alpha value is -1.08. The van der Waals surface area contributed by atoms with Gasteiger partial charge >= 0.3 is 11.6 Å². The van der Waals surface area contributed by atoms with Crippen molar-refractivity contribution < 1.29 is 22.7 Å². The van der Waals surface area contributed by atoms with E-state index in [1.165, 1.54) is 25.3 Å². The van der Waals surface area contributed by atoms with E-state index >= 15 is 0 Å². The van der Waals surface area contributed by atoms with Crippen molar-refractivity contribution in [3.05, 3.63) is 23.2 Å². The Morgan fingerprint density at radius 2 is 2.12 bits per heavy atom. The Bertz CT molecular complexity index is 425. The molecule has 17 heavy (non-hydrogen) atoms. The van der Waals surface area contributed by atoms with Gasteiger partial charge in [0, 0.05) is 10.6 Å². The van der Waals surface area contributed by atoms with Gasteiger partial charge in [0.15, 0.2) is 0 Å². The molecule has 1 aromatic carbocycles. The van der Waals surface area contributed by atoms with Gasteiger partial charge in [0.2, 0.25) is 0 Å². The van der Waals surface area contributed by atoms with Gasteiger partial charge in [0.25, 0.3) is 0 Å². The molecule has 0 aliphatic rings. The number of amides is 1. The van der Waals surface area contributed by atoms with E-state index in [1.807, 2.05) is 0 Å². The van der Waals surface area contributed by atoms with Gasteiger partial charge in [-0.05, 0) is 30.0 Å². The number of methoxy groups -OCH3 is 1. The molecular formula is C9H7ClF3NO2S. The first-order valence-corrected chi connectivity index (χ1v) is 5.41. The Morgan fingerprint density at radius 1 is 1.47 bits per heavy atom. The molecular weight excluding hydrogens is 279 g/mol. The van der Waals surface area contributed by atoms with Gasteiger partial charge < -0.3 is 4.74 Å². The number of carbonyl (C=O) groups excluding carboxylic acids is 1. The van der Waals surface area contributed by atoms with Crippen molar-refractivity contribution in [3.63, 3.8) is 0 Å². The average molecular weight is 286 g/mol. The quantitative estimate of drug-likeness (QED) is 0.830. The Morgan fingerprint density at radius 3 is 2.59 bits per heavy atom. The number of hydrogen-bond donors (Lipinski definition) is 1. The van der Waals surface area contributed by atoms with Crippen molar-refractivity contribution in [2.45, 2.75) is 10.4 Å². The molecule has 0 fully saturated rings. The van der Waals surface area contributed by atoms with E-state index < -0.39 is 11.6 Å². The van der Waals surface area contributed by atoms with Crippen LogP contribution in [-0.4, -0.2) is 18.7 Å². The largest absolute Gasteiger partial charge is 0.453 e. The van der Waals surface area contributed by atoms with E-state index in [1.54, 1.807) is 0 Å². The third-order valence-corrected chi connectivity index (χ3v) is 2.82. The van der Waals surface area contributed by atoms with Gasteiger partial charge in [0.05, 0.1) is 12.1 Å². The van der Waals surface area contributed by atoms with Crippen LogP contribution in [0, 0.1) is 0 Å². The third kappa shape index (κ3) is 4.74. The molecule has 0 radical (unpaired) electrons. The molecule has 1 amide bonds. The Balaban J connectivity index is 2.83. The molecule has 1 N–H and O–H groups in total. The fourth-order valence-electron chi connectivity index (χ4n) is 0.955. The molecule has 0 spiro atoms. The summed E-state index contributed by atoms with van der Waals surface area (Å²) in [4.78, 5) is 10.7. The minimum absolute atomic E-state index is 0.0961. The zero-order chi connectivity index (χ0) is 13.1. The summed E-state index contributed by atoms with van der Waals surface area (Å²) in [6.45, 7) is 0. The number of benzene rings is 1. The van der Waals surface area contributed by atoms with E-state index in [-0.39, 0.29) is 27.4 Å². The van der Waals surface area contributed by atoms with E-state index in [2.05, 4.69) is 10.1 Å². The van der Waals surface area contributed by atoms with Gasteiger partial charge in [-0.3, -0.25) is 5.32 Å². The SMILES string of the molecule is COC(=O)Nc1ccc(SC(F)(F)F)c(Cl)c1. The van der Waals surface area contributed by atoms with E-state index in [4.69, 9.17) is 11.6 Å². The number of hydrogen-bond acceptors (Lipinski definition) is 3. The summed E-state index contributed by atoms with van der Waals surface area (Å²) in [7, 11) is 1.17. The Kier molecular flexibility index (Phi) is 4.53. The van der Waals surface area contributed by atoms with E-state index in [9.17, 15) is 18.0 Å². The second kappa shape index (κ2) is 5.50. The summed E-state index contributed by atoms with van der Waals surface area (Å²) in [5.74, 6) is 0. The summed E-state index contributed by atoms with van der Waals surface area (Å²) in [6, 6.07) is 3.69. The molecule has 0 heterocycles. The predicted octanol–water partition coefficient (Wildman–Crippen LogP) is 4.13. The lowest BCUT2D eigenvalue weighted by molar-refractivity contribution is -0.0328. The number of anilines is 1. The van der Waals surface area contributed by atoms with Crippen LogP contribution in [0.2, 0.25) is 5.02 Å². The maximum atomic E-state index is 12.1. The van der Waals surface area contributed by atoms with Crippen LogP contribution in [0.4, 0.5) is 23.7 Å². The lowest BCUT2D eigenvalue weighted by Crippen LogP contribution is -2.10. The zero-order valence-electron chi connectivity index (χ0n) is 8.47. The van der Waals surface area contributed by atoms with E-state index in [0.717, 1.165) is 0 Å². The highest BCUT2D eigenvalue weighted by Gasteiger charge is 2.30. The molecule has 0 saturated carbocycles. The number of carbonyl (C=O) groups is 1. The van der Waals surface area contributed by atoms with Gasteiger partial charge in [-0.1, -0.05) is 11.6 Å². The van der Waals surface area contributed by atoms with Crippen LogP contribution < -0.4 is 5.32 Å². The minimum Gasteiger partial charge on any atom is -0.453 e. The smallest absolute Gasteiger partial charge is 0.446 e. The first-order chi connectivity index (χ1) is 7.81. The molecule has 0 aliphatic carbocycles. The van der Waals surface area contributed by atoms with Crippen molar-refractivity contribution in [1.82, 2.24) is 0 Å². The third-order valence-electron chi connectivity index (χ3n) is 1.59. The fraction of sp³-hybridized carbons (Fsp3) is 0.222. The summed E-state index contributed by atoms with van der Waals surface area (Å²) in [5.41, 5.74) is -4.14. The lowest BCUT2D eigenvalue weighted by atomic mass is 10.3. The number of halogens is 4. The van der Waals surface area contributed by atoms with Crippen LogP contribution in [0.25, 0.3) is 0 Å². The molecule has 1 rings (SSSR count). The van der Waals surface area contributed by atoms with E-state index in [0.29, 0.717) is 0 Å². The second-order valence-electron chi connectivity index (χ2n) is 2.81. The molecule has 0 aromatic heterocycles. The normalized spacial score (nSPS) is 11.1. The van der Waals surface area contributed by atoms with Gasteiger partial charge in [-0.2, -0.15) is 13.2 Å². The maximum Gasteiger partial charge on any atom is 0.446 e. The highest BCUT2D eigenvalue weighted by atomic mass is 35.5. The van der Waals surface area contributed by atoms with Crippen LogP contribution in [-0.2, 0) is 4.74 Å². The van der Waals surface area contributed by atoms with Crippen LogP contribution in [0.3, 0.4) is 0 Å². The van der Waals surface area contributed by atoms with Crippen molar-refractivity contribution >= 4 is 35.1 Å². The molecule has 0 bridgehead atoms. The lowest BCUT2D eigenvalue weighted by Gasteiger charge is -2.09. The molecule has 0 aliphatic heterocycles. The van der Waals surface area contributed by atoms with Crippen molar-refractivity contribution in [1.29, 1.82) is 0 Å². The topological polar surface area (TPSA) is 38.3 Å². The molecule has 8 heteroatoms. The average Bonchev–Trinajstić information content (AvgIpc) is 2.20. The summed E-state index contributed by atoms with van der Waals surface area (Å²) in [6.07, 6.45) is -0.725. The van der Waals surface area contributed by atoms with Gasteiger partial charge in [-0.25, -0.2) is 4.79 Å². The number of nitrogens with one attached hydrogen (secondary N) is 1. The van der Waals surface area contributed by atoms with Crippen molar-refractivity contribution in [2.24, 2.45) is 0 Å². The fourth-order valence-corrected chi connectivity index (χ4v) is 1.79. The monoisotopic (exact) mass is 285 g/mol. The summed E-state index contributed by atoms with van der Waals surface area (Å²) < 4.78 is 40.6. The summed E-state index contributed by atoms with van der Waals surface area (Å²) in [5, 5.41) is 2.19. The van der Waals surface area contributed by atoms with Gasteiger partial charge in [0.1, 0.15) is 0 Å². The highest BCUT2D eigenvalue weighted by Crippen LogP contribution is 2.40. The minimum atomic E-state index is -4.40. The van der Waals surface area contributed by atoms with Crippen LogP contribution in [0.5, 0.6) is 0 Å². The molecule has 94 valence electrons. The Labute approximate surface area is 104 Å². The molecule has 3 nitrogen and oxygen atoms in total. The molecule has 0 unspecified atom stereocenters. The first kappa shape index (κ1) is 14.0. The number of thioether (sulfide) groups is 1. The van der Waals surface area contributed by atoms with Crippen LogP contribution >= 0.6 is 23.4 Å². The molecule has 0 atom stereocenters. The summed E-state index contributed by atoms with van der Waals surface area (Å²) >= 11 is 5.33. The standard InChI is InChI=1S/C9H7ClF3NO2S/c1-16-8(15)14-5-2-3-7(6(10)4-5)17-9(11,12)13/h2-4H,1H3,(H,14,15). The molecule has 1 aromatic rings. The number of ether oxygens (including phenoxy) is 1. The van der Waals surface area contributed by atoms with Crippen molar-refractivity contribution in [3.8, 4) is 0 Å². The second-order valence-corrected chi connectivity index (χ2v) is 4.32. The van der Waals surface area contributed by atoms with Gasteiger partial charge in [-0.15, -0.1) is 0 Å².